The van der Waals surface area contributed by atoms with Crippen LogP contribution in [-0.4, -0.2) is 42.8 Å². The first-order chi connectivity index (χ1) is 6.38. The maximum absolute atomic E-state index is 12.1. The molecule has 14 heavy (non-hydrogen) atoms. The fourth-order valence-corrected chi connectivity index (χ4v) is 1.83. The SMILES string of the molecule is CC(CC(F)(F)F)N1CCN[C@@H](C)C1. The molecule has 2 nitrogen and oxygen atoms in total. The second kappa shape index (κ2) is 4.49. The zero-order valence-corrected chi connectivity index (χ0v) is 8.56. The Hall–Kier alpha value is -0.290. The van der Waals surface area contributed by atoms with E-state index in [1.54, 1.807) is 6.92 Å². The number of halogens is 3. The summed E-state index contributed by atoms with van der Waals surface area (Å²) in [6.45, 7) is 5.83. The van der Waals surface area contributed by atoms with Gasteiger partial charge in [-0.15, -0.1) is 0 Å². The highest BCUT2D eigenvalue weighted by atomic mass is 19.4. The number of nitrogens with one attached hydrogen (secondary N) is 1. The third-order valence-corrected chi connectivity index (χ3v) is 2.55. The lowest BCUT2D eigenvalue weighted by atomic mass is 10.1. The van der Waals surface area contributed by atoms with Crippen LogP contribution in [0.4, 0.5) is 13.2 Å². The van der Waals surface area contributed by atoms with E-state index in [9.17, 15) is 13.2 Å². The van der Waals surface area contributed by atoms with E-state index in [-0.39, 0.29) is 0 Å². The van der Waals surface area contributed by atoms with Crippen molar-refractivity contribution < 1.29 is 13.2 Å². The monoisotopic (exact) mass is 210 g/mol. The standard InChI is InChI=1S/C9H17F3N2/c1-7-6-14(4-3-13-7)8(2)5-9(10,11)12/h7-8,13H,3-6H2,1-2H3/t7-,8?/m0/s1. The van der Waals surface area contributed by atoms with Crippen LogP contribution in [0.3, 0.4) is 0 Å². The molecule has 1 rings (SSSR count). The Labute approximate surface area is 82.5 Å². The van der Waals surface area contributed by atoms with E-state index < -0.39 is 18.6 Å². The Bertz CT molecular complexity index is 181. The summed E-state index contributed by atoms with van der Waals surface area (Å²) in [5.74, 6) is 0. The Morgan fingerprint density at radius 1 is 1.50 bits per heavy atom. The normalized spacial score (nSPS) is 27.6. The molecule has 0 aromatic carbocycles. The van der Waals surface area contributed by atoms with Crippen LogP contribution in [0.2, 0.25) is 0 Å². The summed E-state index contributed by atoms with van der Waals surface area (Å²) in [6.07, 6.45) is -4.76. The predicted molar refractivity (Wildman–Crippen MR) is 49.2 cm³/mol. The van der Waals surface area contributed by atoms with Crippen LogP contribution in [-0.2, 0) is 0 Å². The molecule has 1 saturated heterocycles. The van der Waals surface area contributed by atoms with Gasteiger partial charge in [0.1, 0.15) is 0 Å². The molecule has 0 aromatic heterocycles. The van der Waals surface area contributed by atoms with Crippen molar-refractivity contribution in [2.24, 2.45) is 0 Å². The van der Waals surface area contributed by atoms with E-state index in [2.05, 4.69) is 5.32 Å². The third-order valence-electron chi connectivity index (χ3n) is 2.55. The molecular weight excluding hydrogens is 193 g/mol. The smallest absolute Gasteiger partial charge is 0.312 e. The first-order valence-electron chi connectivity index (χ1n) is 4.92. The topological polar surface area (TPSA) is 15.3 Å². The molecule has 5 heteroatoms. The minimum absolute atomic E-state index is 0.291. The molecule has 0 aromatic rings. The van der Waals surface area contributed by atoms with Gasteiger partial charge in [-0.2, -0.15) is 13.2 Å². The minimum Gasteiger partial charge on any atom is -0.312 e. The van der Waals surface area contributed by atoms with E-state index in [1.807, 2.05) is 11.8 Å². The van der Waals surface area contributed by atoms with E-state index in [1.165, 1.54) is 0 Å². The van der Waals surface area contributed by atoms with Crippen molar-refractivity contribution in [3.8, 4) is 0 Å². The lowest BCUT2D eigenvalue weighted by Gasteiger charge is -2.36. The number of piperazine rings is 1. The van der Waals surface area contributed by atoms with Gasteiger partial charge in [0.25, 0.3) is 0 Å². The van der Waals surface area contributed by atoms with Gasteiger partial charge in [-0.3, -0.25) is 4.90 Å². The number of hydrogen-bond acceptors (Lipinski definition) is 2. The van der Waals surface area contributed by atoms with Crippen LogP contribution in [0.15, 0.2) is 0 Å². The van der Waals surface area contributed by atoms with Gasteiger partial charge in [0.2, 0.25) is 0 Å². The Morgan fingerprint density at radius 2 is 2.14 bits per heavy atom. The summed E-state index contributed by atoms with van der Waals surface area (Å²) >= 11 is 0. The third kappa shape index (κ3) is 3.84. The van der Waals surface area contributed by atoms with Crippen molar-refractivity contribution in [3.05, 3.63) is 0 Å². The summed E-state index contributed by atoms with van der Waals surface area (Å²) in [5, 5.41) is 3.21. The second-order valence-corrected chi connectivity index (χ2v) is 4.02. The van der Waals surface area contributed by atoms with Gasteiger partial charge in [0.05, 0.1) is 6.42 Å². The van der Waals surface area contributed by atoms with Crippen molar-refractivity contribution in [2.45, 2.75) is 38.5 Å². The summed E-state index contributed by atoms with van der Waals surface area (Å²) in [7, 11) is 0. The molecule has 1 fully saturated rings. The van der Waals surface area contributed by atoms with Gasteiger partial charge in [-0.25, -0.2) is 0 Å². The van der Waals surface area contributed by atoms with Gasteiger partial charge in [0.15, 0.2) is 0 Å². The predicted octanol–water partition coefficient (Wildman–Crippen LogP) is 1.62. The van der Waals surface area contributed by atoms with Crippen molar-refractivity contribution in [2.75, 3.05) is 19.6 Å². The quantitative estimate of drug-likeness (QED) is 0.745. The number of nitrogens with zero attached hydrogens (tertiary/aromatic N) is 1. The summed E-state index contributed by atoms with van der Waals surface area (Å²) in [4.78, 5) is 1.90. The largest absolute Gasteiger partial charge is 0.390 e. The molecule has 0 bridgehead atoms. The molecule has 1 aliphatic rings. The highest BCUT2D eigenvalue weighted by molar-refractivity contribution is 4.79. The molecule has 2 atom stereocenters. The van der Waals surface area contributed by atoms with E-state index >= 15 is 0 Å². The fourth-order valence-electron chi connectivity index (χ4n) is 1.83. The molecule has 0 radical (unpaired) electrons. The number of alkyl halides is 3. The Morgan fingerprint density at radius 3 is 2.64 bits per heavy atom. The zero-order valence-electron chi connectivity index (χ0n) is 8.56. The molecule has 1 heterocycles. The van der Waals surface area contributed by atoms with Crippen molar-refractivity contribution in [1.82, 2.24) is 10.2 Å². The minimum atomic E-state index is -4.05. The maximum Gasteiger partial charge on any atom is 0.390 e. The molecule has 0 spiro atoms. The van der Waals surface area contributed by atoms with Crippen molar-refractivity contribution in [3.63, 3.8) is 0 Å². The van der Waals surface area contributed by atoms with Crippen LogP contribution >= 0.6 is 0 Å². The Balaban J connectivity index is 2.39. The molecule has 1 N–H and O–H groups in total. The molecular formula is C9H17F3N2. The van der Waals surface area contributed by atoms with Crippen LogP contribution in [0.5, 0.6) is 0 Å². The lowest BCUT2D eigenvalue weighted by Crippen LogP contribution is -2.52. The van der Waals surface area contributed by atoms with E-state index in [0.717, 1.165) is 6.54 Å². The summed E-state index contributed by atoms with van der Waals surface area (Å²) in [6, 6.07) is -0.112. The number of hydrogen-bond donors (Lipinski definition) is 1. The van der Waals surface area contributed by atoms with Crippen molar-refractivity contribution >= 4 is 0 Å². The van der Waals surface area contributed by atoms with Gasteiger partial charge >= 0.3 is 6.18 Å². The first kappa shape index (κ1) is 11.8. The number of rotatable bonds is 2. The van der Waals surface area contributed by atoms with Gasteiger partial charge < -0.3 is 5.32 Å². The molecule has 1 aliphatic heterocycles. The van der Waals surface area contributed by atoms with Crippen LogP contribution < -0.4 is 5.32 Å². The first-order valence-corrected chi connectivity index (χ1v) is 4.92. The average Bonchev–Trinajstić information content (AvgIpc) is 2.01. The summed E-state index contributed by atoms with van der Waals surface area (Å²) < 4.78 is 36.3. The molecule has 1 unspecified atom stereocenters. The van der Waals surface area contributed by atoms with Gasteiger partial charge in [0, 0.05) is 31.7 Å². The molecule has 0 aliphatic carbocycles. The van der Waals surface area contributed by atoms with Gasteiger partial charge in [-0.1, -0.05) is 0 Å². The lowest BCUT2D eigenvalue weighted by molar-refractivity contribution is -0.146. The van der Waals surface area contributed by atoms with E-state index in [0.29, 0.717) is 19.1 Å². The highest BCUT2D eigenvalue weighted by Gasteiger charge is 2.33. The molecule has 84 valence electrons. The average molecular weight is 210 g/mol. The van der Waals surface area contributed by atoms with Crippen LogP contribution in [0.25, 0.3) is 0 Å². The van der Waals surface area contributed by atoms with Crippen LogP contribution in [0, 0.1) is 0 Å². The van der Waals surface area contributed by atoms with Crippen molar-refractivity contribution in [1.29, 1.82) is 0 Å². The van der Waals surface area contributed by atoms with Crippen LogP contribution in [0.1, 0.15) is 20.3 Å². The van der Waals surface area contributed by atoms with Gasteiger partial charge in [-0.05, 0) is 13.8 Å². The maximum atomic E-state index is 12.1. The fraction of sp³-hybridized carbons (Fsp3) is 1.00. The Kier molecular flexibility index (Phi) is 3.78. The zero-order chi connectivity index (χ0) is 10.8. The van der Waals surface area contributed by atoms with E-state index in [4.69, 9.17) is 0 Å². The highest BCUT2D eigenvalue weighted by Crippen LogP contribution is 2.24. The summed E-state index contributed by atoms with van der Waals surface area (Å²) in [5.41, 5.74) is 0. The molecule has 0 amide bonds. The second-order valence-electron chi connectivity index (χ2n) is 4.02. The molecule has 0 saturated carbocycles.